The van der Waals surface area contributed by atoms with Crippen LogP contribution in [0.5, 0.6) is 0 Å². The van der Waals surface area contributed by atoms with Crippen LogP contribution in [0.15, 0.2) is 0 Å². The molecule has 2 N–H and O–H groups in total. The van der Waals surface area contributed by atoms with Crippen molar-refractivity contribution in [1.29, 1.82) is 0 Å². The molecule has 94 valence electrons. The molecule has 0 aromatic carbocycles. The Balaban J connectivity index is 3.27. The SMILES string of the molecule is CC1(C)OC[C@](CO)(C(C)(C)C)N1C(=O)O. The summed E-state index contributed by atoms with van der Waals surface area (Å²) in [7, 11) is 0. The molecule has 1 heterocycles. The quantitative estimate of drug-likeness (QED) is 0.717. The van der Waals surface area contributed by atoms with E-state index in [-0.39, 0.29) is 13.2 Å². The molecule has 0 saturated carbocycles. The minimum absolute atomic E-state index is 0.215. The lowest BCUT2D eigenvalue weighted by molar-refractivity contribution is -0.0667. The molecule has 0 aromatic rings. The Bertz CT molecular complexity index is 295. The standard InChI is InChI=1S/C11H21NO4/c1-9(2,3)11(6-13)7-16-10(4,5)12(11)8(14)15/h13H,6-7H2,1-5H3,(H,14,15)/t11-/m1/s1. The Morgan fingerprint density at radius 3 is 2.19 bits per heavy atom. The average Bonchev–Trinajstić information content (AvgIpc) is 2.36. The van der Waals surface area contributed by atoms with Crippen LogP contribution in [-0.4, -0.2) is 45.7 Å². The molecule has 0 spiro atoms. The number of aliphatic hydroxyl groups excluding tert-OH is 1. The van der Waals surface area contributed by atoms with Gasteiger partial charge in [-0.05, 0) is 19.3 Å². The van der Waals surface area contributed by atoms with Crippen LogP contribution in [0.3, 0.4) is 0 Å². The number of carbonyl (C=O) groups is 1. The number of amides is 1. The fourth-order valence-corrected chi connectivity index (χ4v) is 2.26. The van der Waals surface area contributed by atoms with Crippen molar-refractivity contribution >= 4 is 6.09 Å². The van der Waals surface area contributed by atoms with Gasteiger partial charge in [-0.2, -0.15) is 0 Å². The molecule has 1 fully saturated rings. The van der Waals surface area contributed by atoms with Crippen LogP contribution in [-0.2, 0) is 4.74 Å². The fraction of sp³-hybridized carbons (Fsp3) is 0.909. The van der Waals surface area contributed by atoms with Crippen molar-refractivity contribution in [2.24, 2.45) is 5.41 Å². The second-order valence-electron chi connectivity index (χ2n) is 5.79. The number of aliphatic hydroxyl groups is 1. The van der Waals surface area contributed by atoms with Gasteiger partial charge in [-0.25, -0.2) is 4.79 Å². The van der Waals surface area contributed by atoms with E-state index >= 15 is 0 Å². The van der Waals surface area contributed by atoms with Gasteiger partial charge in [0.1, 0.15) is 11.3 Å². The molecular formula is C11H21NO4. The van der Waals surface area contributed by atoms with Crippen molar-refractivity contribution in [2.75, 3.05) is 13.2 Å². The van der Waals surface area contributed by atoms with E-state index in [0.717, 1.165) is 0 Å². The van der Waals surface area contributed by atoms with Gasteiger partial charge in [0.2, 0.25) is 0 Å². The van der Waals surface area contributed by atoms with E-state index in [1.165, 1.54) is 4.90 Å². The molecule has 0 aliphatic carbocycles. The van der Waals surface area contributed by atoms with E-state index in [0.29, 0.717) is 0 Å². The van der Waals surface area contributed by atoms with Crippen molar-refractivity contribution < 1.29 is 19.7 Å². The Morgan fingerprint density at radius 1 is 1.44 bits per heavy atom. The predicted octanol–water partition coefficient (Wildman–Crippen LogP) is 1.51. The fourth-order valence-electron chi connectivity index (χ4n) is 2.26. The van der Waals surface area contributed by atoms with Gasteiger partial charge in [-0.15, -0.1) is 0 Å². The molecule has 1 aliphatic rings. The normalized spacial score (nSPS) is 29.5. The maximum absolute atomic E-state index is 11.4. The van der Waals surface area contributed by atoms with Crippen LogP contribution >= 0.6 is 0 Å². The summed E-state index contributed by atoms with van der Waals surface area (Å²) >= 11 is 0. The molecule has 5 nitrogen and oxygen atoms in total. The minimum Gasteiger partial charge on any atom is -0.465 e. The monoisotopic (exact) mass is 231 g/mol. The third kappa shape index (κ3) is 1.68. The number of nitrogens with zero attached hydrogens (tertiary/aromatic N) is 1. The molecule has 0 radical (unpaired) electrons. The molecule has 0 bridgehead atoms. The topological polar surface area (TPSA) is 70.0 Å². The van der Waals surface area contributed by atoms with Gasteiger partial charge in [-0.3, -0.25) is 4.90 Å². The van der Waals surface area contributed by atoms with E-state index in [4.69, 9.17) is 4.74 Å². The third-order valence-corrected chi connectivity index (χ3v) is 3.48. The van der Waals surface area contributed by atoms with Crippen molar-refractivity contribution in [3.63, 3.8) is 0 Å². The highest BCUT2D eigenvalue weighted by molar-refractivity contribution is 5.68. The van der Waals surface area contributed by atoms with Crippen LogP contribution in [0, 0.1) is 5.41 Å². The maximum atomic E-state index is 11.4. The molecule has 0 aromatic heterocycles. The van der Waals surface area contributed by atoms with Gasteiger partial charge >= 0.3 is 6.09 Å². The molecule has 1 atom stereocenters. The van der Waals surface area contributed by atoms with Crippen molar-refractivity contribution in [3.8, 4) is 0 Å². The Hall–Kier alpha value is -0.810. The summed E-state index contributed by atoms with van der Waals surface area (Å²) in [6, 6.07) is 0. The van der Waals surface area contributed by atoms with Crippen LogP contribution in [0.4, 0.5) is 4.79 Å². The van der Waals surface area contributed by atoms with E-state index in [1.54, 1.807) is 13.8 Å². The van der Waals surface area contributed by atoms with Crippen molar-refractivity contribution in [2.45, 2.75) is 45.9 Å². The number of rotatable bonds is 1. The summed E-state index contributed by atoms with van der Waals surface area (Å²) in [6.07, 6.45) is -1.06. The summed E-state index contributed by atoms with van der Waals surface area (Å²) < 4.78 is 5.53. The minimum atomic E-state index is -1.06. The van der Waals surface area contributed by atoms with Gasteiger partial charge in [0.15, 0.2) is 0 Å². The molecular weight excluding hydrogens is 210 g/mol. The average molecular weight is 231 g/mol. The van der Waals surface area contributed by atoms with Gasteiger partial charge in [-0.1, -0.05) is 20.8 Å². The molecule has 1 saturated heterocycles. The van der Waals surface area contributed by atoms with E-state index in [1.807, 2.05) is 20.8 Å². The van der Waals surface area contributed by atoms with E-state index in [2.05, 4.69) is 0 Å². The second-order valence-corrected chi connectivity index (χ2v) is 5.79. The van der Waals surface area contributed by atoms with Gasteiger partial charge in [0.05, 0.1) is 13.2 Å². The van der Waals surface area contributed by atoms with Crippen LogP contribution in [0.1, 0.15) is 34.6 Å². The predicted molar refractivity (Wildman–Crippen MR) is 59.2 cm³/mol. The lowest BCUT2D eigenvalue weighted by Gasteiger charge is -2.46. The van der Waals surface area contributed by atoms with Crippen LogP contribution in [0.2, 0.25) is 0 Å². The van der Waals surface area contributed by atoms with Gasteiger partial charge in [0.25, 0.3) is 0 Å². The zero-order valence-electron chi connectivity index (χ0n) is 10.6. The highest BCUT2D eigenvalue weighted by Crippen LogP contribution is 2.45. The Morgan fingerprint density at radius 2 is 1.94 bits per heavy atom. The Kier molecular flexibility index (Phi) is 2.98. The summed E-state index contributed by atoms with van der Waals surface area (Å²) in [6.45, 7) is 9.09. The highest BCUT2D eigenvalue weighted by atomic mass is 16.5. The van der Waals surface area contributed by atoms with Gasteiger partial charge in [0, 0.05) is 0 Å². The lowest BCUT2D eigenvalue weighted by atomic mass is 9.73. The molecule has 1 amide bonds. The lowest BCUT2D eigenvalue weighted by Crippen LogP contribution is -2.63. The van der Waals surface area contributed by atoms with Crippen LogP contribution in [0.25, 0.3) is 0 Å². The van der Waals surface area contributed by atoms with E-state index in [9.17, 15) is 15.0 Å². The number of hydrogen-bond donors (Lipinski definition) is 2. The summed E-state index contributed by atoms with van der Waals surface area (Å²) in [5, 5.41) is 18.9. The smallest absolute Gasteiger partial charge is 0.410 e. The van der Waals surface area contributed by atoms with Crippen molar-refractivity contribution in [1.82, 2.24) is 4.90 Å². The van der Waals surface area contributed by atoms with Crippen LogP contribution < -0.4 is 0 Å². The number of hydrogen-bond acceptors (Lipinski definition) is 3. The zero-order chi connectivity index (χ0) is 12.8. The number of carboxylic acid groups (broad SMARTS) is 1. The Labute approximate surface area is 96.0 Å². The molecule has 5 heteroatoms. The zero-order valence-corrected chi connectivity index (χ0v) is 10.6. The molecule has 1 rings (SSSR count). The first-order chi connectivity index (χ1) is 7.08. The second kappa shape index (κ2) is 3.60. The largest absolute Gasteiger partial charge is 0.465 e. The summed E-state index contributed by atoms with van der Waals surface area (Å²) in [5.74, 6) is 0. The van der Waals surface area contributed by atoms with Gasteiger partial charge < -0.3 is 14.9 Å². The first-order valence-corrected chi connectivity index (χ1v) is 5.36. The van der Waals surface area contributed by atoms with Crippen molar-refractivity contribution in [3.05, 3.63) is 0 Å². The summed E-state index contributed by atoms with van der Waals surface area (Å²) in [5.41, 5.74) is -2.18. The maximum Gasteiger partial charge on any atom is 0.410 e. The molecule has 1 aliphatic heterocycles. The molecule has 0 unspecified atom stereocenters. The summed E-state index contributed by atoms with van der Waals surface area (Å²) in [4.78, 5) is 12.6. The first-order valence-electron chi connectivity index (χ1n) is 5.36. The number of ether oxygens (including phenoxy) is 1. The third-order valence-electron chi connectivity index (χ3n) is 3.48. The molecule has 16 heavy (non-hydrogen) atoms. The highest BCUT2D eigenvalue weighted by Gasteiger charge is 2.59. The first kappa shape index (κ1) is 13.3. The van der Waals surface area contributed by atoms with E-state index < -0.39 is 22.8 Å².